The highest BCUT2D eigenvalue weighted by Gasteiger charge is 2.30. The fourth-order valence-corrected chi connectivity index (χ4v) is 2.59. The number of nitrogens with zero attached hydrogens (tertiary/aromatic N) is 1. The highest BCUT2D eigenvalue weighted by molar-refractivity contribution is 5.99. The van der Waals surface area contributed by atoms with E-state index in [1.807, 2.05) is 6.92 Å². The SMILES string of the molecule is CCOc1ccc(C(=O)N(C)C)cc1NC(=O)[C@@H]1CC[C@H](CN)O1. The van der Waals surface area contributed by atoms with Gasteiger partial charge >= 0.3 is 0 Å². The number of ether oxygens (including phenoxy) is 2. The molecule has 24 heavy (non-hydrogen) atoms. The molecule has 0 unspecified atom stereocenters. The summed E-state index contributed by atoms with van der Waals surface area (Å²) in [4.78, 5) is 26.0. The lowest BCUT2D eigenvalue weighted by Gasteiger charge is -2.17. The van der Waals surface area contributed by atoms with Gasteiger partial charge in [-0.3, -0.25) is 9.59 Å². The highest BCUT2D eigenvalue weighted by Crippen LogP contribution is 2.28. The van der Waals surface area contributed by atoms with Gasteiger partial charge < -0.3 is 25.4 Å². The van der Waals surface area contributed by atoms with Crippen LogP contribution in [0, 0.1) is 0 Å². The van der Waals surface area contributed by atoms with Gasteiger partial charge in [0.15, 0.2) is 0 Å². The van der Waals surface area contributed by atoms with E-state index in [-0.39, 0.29) is 17.9 Å². The Bertz CT molecular complexity index is 603. The van der Waals surface area contributed by atoms with Crippen LogP contribution < -0.4 is 15.8 Å². The summed E-state index contributed by atoms with van der Waals surface area (Å²) >= 11 is 0. The van der Waals surface area contributed by atoms with E-state index < -0.39 is 6.10 Å². The first kappa shape index (κ1) is 18.2. The van der Waals surface area contributed by atoms with Crippen LogP contribution in [0.1, 0.15) is 30.1 Å². The van der Waals surface area contributed by atoms with Crippen molar-refractivity contribution >= 4 is 17.5 Å². The lowest BCUT2D eigenvalue weighted by atomic mass is 10.1. The van der Waals surface area contributed by atoms with E-state index in [0.717, 1.165) is 6.42 Å². The molecule has 0 saturated carbocycles. The van der Waals surface area contributed by atoms with E-state index in [9.17, 15) is 9.59 Å². The number of anilines is 1. The third-order valence-electron chi connectivity index (χ3n) is 3.85. The van der Waals surface area contributed by atoms with E-state index in [2.05, 4.69) is 5.32 Å². The Hall–Kier alpha value is -2.12. The largest absolute Gasteiger partial charge is 0.492 e. The van der Waals surface area contributed by atoms with Gasteiger partial charge in [0.1, 0.15) is 11.9 Å². The van der Waals surface area contributed by atoms with Crippen LogP contribution in [-0.4, -0.2) is 56.2 Å². The second-order valence-electron chi connectivity index (χ2n) is 5.89. The van der Waals surface area contributed by atoms with E-state index in [1.165, 1.54) is 4.90 Å². The second-order valence-corrected chi connectivity index (χ2v) is 5.89. The molecule has 0 aliphatic carbocycles. The smallest absolute Gasteiger partial charge is 0.253 e. The molecule has 2 rings (SSSR count). The van der Waals surface area contributed by atoms with Gasteiger partial charge in [0.25, 0.3) is 11.8 Å². The van der Waals surface area contributed by atoms with Crippen molar-refractivity contribution in [2.45, 2.75) is 32.0 Å². The fourth-order valence-electron chi connectivity index (χ4n) is 2.59. The van der Waals surface area contributed by atoms with Crippen LogP contribution in [0.5, 0.6) is 5.75 Å². The molecule has 0 radical (unpaired) electrons. The second kappa shape index (κ2) is 8.12. The molecule has 7 nitrogen and oxygen atoms in total. The molecule has 1 aromatic carbocycles. The van der Waals surface area contributed by atoms with Crippen molar-refractivity contribution in [1.29, 1.82) is 0 Å². The molecule has 0 aromatic heterocycles. The predicted octanol–water partition coefficient (Wildman–Crippen LogP) is 1.23. The maximum absolute atomic E-state index is 12.4. The first-order valence-electron chi connectivity index (χ1n) is 8.11. The fraction of sp³-hybridized carbons (Fsp3) is 0.529. The van der Waals surface area contributed by atoms with Gasteiger partial charge in [-0.15, -0.1) is 0 Å². The van der Waals surface area contributed by atoms with Crippen molar-refractivity contribution < 1.29 is 19.1 Å². The molecule has 2 amide bonds. The summed E-state index contributed by atoms with van der Waals surface area (Å²) < 4.78 is 11.1. The molecule has 0 spiro atoms. The van der Waals surface area contributed by atoms with Gasteiger partial charge in [-0.1, -0.05) is 0 Å². The number of carbonyl (C=O) groups is 2. The van der Waals surface area contributed by atoms with E-state index in [4.69, 9.17) is 15.2 Å². The summed E-state index contributed by atoms with van der Waals surface area (Å²) in [7, 11) is 3.35. The van der Waals surface area contributed by atoms with Crippen molar-refractivity contribution in [2.75, 3.05) is 32.6 Å². The standard InChI is InChI=1S/C17H25N3O4/c1-4-23-14-7-5-11(17(22)20(2)3)9-13(14)19-16(21)15-8-6-12(10-18)24-15/h5,7,9,12,15H,4,6,8,10,18H2,1-3H3,(H,19,21)/t12-,15+/m1/s1. The molecule has 3 N–H and O–H groups in total. The minimum absolute atomic E-state index is 0.0752. The Morgan fingerprint density at radius 3 is 2.71 bits per heavy atom. The van der Waals surface area contributed by atoms with Crippen molar-refractivity contribution in [2.24, 2.45) is 5.73 Å². The zero-order chi connectivity index (χ0) is 17.7. The summed E-state index contributed by atoms with van der Waals surface area (Å²) in [6.07, 6.45) is 0.801. The average Bonchev–Trinajstić information content (AvgIpc) is 3.05. The number of nitrogens with two attached hydrogens (primary N) is 1. The predicted molar refractivity (Wildman–Crippen MR) is 91.2 cm³/mol. The first-order chi connectivity index (χ1) is 11.5. The van der Waals surface area contributed by atoms with Gasteiger partial charge in [0, 0.05) is 26.2 Å². The summed E-state index contributed by atoms with van der Waals surface area (Å²) in [6, 6.07) is 4.99. The number of hydrogen-bond acceptors (Lipinski definition) is 5. The summed E-state index contributed by atoms with van der Waals surface area (Å²) in [5, 5.41) is 2.82. The zero-order valence-corrected chi connectivity index (χ0v) is 14.4. The number of amides is 2. The Kier molecular flexibility index (Phi) is 6.16. The normalized spacial score (nSPS) is 19.8. The number of carbonyl (C=O) groups excluding carboxylic acids is 2. The maximum atomic E-state index is 12.4. The molecule has 7 heteroatoms. The van der Waals surface area contributed by atoms with Crippen molar-refractivity contribution in [3.63, 3.8) is 0 Å². The summed E-state index contributed by atoms with van der Waals surface area (Å²) in [6.45, 7) is 2.72. The Morgan fingerprint density at radius 1 is 1.38 bits per heavy atom. The van der Waals surface area contributed by atoms with E-state index in [0.29, 0.717) is 36.6 Å². The van der Waals surface area contributed by atoms with Crippen molar-refractivity contribution in [1.82, 2.24) is 4.90 Å². The minimum Gasteiger partial charge on any atom is -0.492 e. The van der Waals surface area contributed by atoms with Gasteiger partial charge in [0.2, 0.25) is 0 Å². The monoisotopic (exact) mass is 335 g/mol. The van der Waals surface area contributed by atoms with Crippen molar-refractivity contribution in [3.05, 3.63) is 23.8 Å². The van der Waals surface area contributed by atoms with Crippen LogP contribution >= 0.6 is 0 Å². The third kappa shape index (κ3) is 4.24. The third-order valence-corrected chi connectivity index (χ3v) is 3.85. The number of hydrogen-bond donors (Lipinski definition) is 2. The summed E-state index contributed by atoms with van der Waals surface area (Å²) in [5.41, 5.74) is 6.52. The molecular weight excluding hydrogens is 310 g/mol. The van der Waals surface area contributed by atoms with E-state index in [1.54, 1.807) is 32.3 Å². The number of nitrogens with one attached hydrogen (secondary N) is 1. The number of rotatable bonds is 6. The van der Waals surface area contributed by atoms with Crippen molar-refractivity contribution in [3.8, 4) is 5.75 Å². The molecule has 0 bridgehead atoms. The van der Waals surface area contributed by atoms with E-state index >= 15 is 0 Å². The Balaban J connectivity index is 2.18. The van der Waals surface area contributed by atoms with Crippen LogP contribution in [0.25, 0.3) is 0 Å². The van der Waals surface area contributed by atoms with Gasteiger partial charge in [-0.25, -0.2) is 0 Å². The van der Waals surface area contributed by atoms with Gasteiger partial charge in [-0.05, 0) is 38.0 Å². The topological polar surface area (TPSA) is 93.9 Å². The van der Waals surface area contributed by atoms with Gasteiger partial charge in [-0.2, -0.15) is 0 Å². The molecule has 132 valence electrons. The van der Waals surface area contributed by atoms with Crippen LogP contribution in [0.4, 0.5) is 5.69 Å². The Morgan fingerprint density at radius 2 is 2.12 bits per heavy atom. The van der Waals surface area contributed by atoms with Crippen LogP contribution in [0.15, 0.2) is 18.2 Å². The molecule has 1 aliphatic rings. The average molecular weight is 335 g/mol. The summed E-state index contributed by atoms with van der Waals surface area (Å²) in [5.74, 6) is 0.129. The van der Waals surface area contributed by atoms with Gasteiger partial charge in [0.05, 0.1) is 18.4 Å². The number of benzene rings is 1. The molecule has 1 saturated heterocycles. The highest BCUT2D eigenvalue weighted by atomic mass is 16.5. The van der Waals surface area contributed by atoms with Crippen LogP contribution in [-0.2, 0) is 9.53 Å². The molecule has 1 aliphatic heterocycles. The Labute approximate surface area is 142 Å². The molecule has 1 aromatic rings. The zero-order valence-electron chi connectivity index (χ0n) is 14.4. The quantitative estimate of drug-likeness (QED) is 0.815. The molecule has 2 atom stereocenters. The molecular formula is C17H25N3O4. The molecule has 1 heterocycles. The maximum Gasteiger partial charge on any atom is 0.253 e. The first-order valence-corrected chi connectivity index (χ1v) is 8.11. The molecule has 1 fully saturated rings. The lowest BCUT2D eigenvalue weighted by Crippen LogP contribution is -2.30. The minimum atomic E-state index is -0.527. The lowest BCUT2D eigenvalue weighted by molar-refractivity contribution is -0.126. The van der Waals surface area contributed by atoms with Crippen LogP contribution in [0.3, 0.4) is 0 Å². The van der Waals surface area contributed by atoms with Crippen LogP contribution in [0.2, 0.25) is 0 Å².